The molecule has 0 saturated heterocycles. The lowest BCUT2D eigenvalue weighted by Crippen LogP contribution is -2.42. The van der Waals surface area contributed by atoms with Gasteiger partial charge in [0, 0.05) is 5.02 Å². The fraction of sp³-hybridized carbons (Fsp3) is 0.296. The van der Waals surface area contributed by atoms with Crippen molar-refractivity contribution in [3.05, 3.63) is 82.9 Å². The highest BCUT2D eigenvalue weighted by Gasteiger charge is 2.30. The molecule has 1 amide bonds. The van der Waals surface area contributed by atoms with E-state index in [4.69, 9.17) is 21.1 Å². The average Bonchev–Trinajstić information content (AvgIpc) is 2.86. The number of ether oxygens (including phenoxy) is 2. The van der Waals surface area contributed by atoms with Crippen molar-refractivity contribution in [3.8, 4) is 11.5 Å². The summed E-state index contributed by atoms with van der Waals surface area (Å²) in [6.07, 6.45) is 0.622. The summed E-state index contributed by atoms with van der Waals surface area (Å²) in [5, 5.41) is 3.39. The highest BCUT2D eigenvalue weighted by Crippen LogP contribution is 2.33. The standard InChI is InChI=1S/C27H31ClN2O5S/c1-5-23(20-11-16-25(34-4)19(3)17-20)29-27(31)18-30(24-9-7-8-10-26(24)35-6-2)36(32,33)22-14-12-21(28)13-15-22/h7-17,23H,5-6,18H2,1-4H3,(H,29,31)/t23-/m1/s1. The van der Waals surface area contributed by atoms with Gasteiger partial charge in [0.15, 0.2) is 0 Å². The van der Waals surface area contributed by atoms with Crippen molar-refractivity contribution in [2.24, 2.45) is 0 Å². The van der Waals surface area contributed by atoms with Crippen LogP contribution < -0.4 is 19.1 Å². The number of carbonyl (C=O) groups excluding carboxylic acids is 1. The van der Waals surface area contributed by atoms with E-state index in [1.54, 1.807) is 31.4 Å². The van der Waals surface area contributed by atoms with Crippen LogP contribution in [0, 0.1) is 6.92 Å². The number of nitrogens with one attached hydrogen (secondary N) is 1. The third kappa shape index (κ3) is 6.30. The quantitative estimate of drug-likeness (QED) is 0.353. The largest absolute Gasteiger partial charge is 0.496 e. The zero-order valence-electron chi connectivity index (χ0n) is 20.8. The topological polar surface area (TPSA) is 84.9 Å². The van der Waals surface area contributed by atoms with Crippen LogP contribution in [0.4, 0.5) is 5.69 Å². The van der Waals surface area contributed by atoms with Crippen LogP contribution >= 0.6 is 11.6 Å². The minimum absolute atomic E-state index is 0.0174. The summed E-state index contributed by atoms with van der Waals surface area (Å²) in [7, 11) is -2.50. The third-order valence-corrected chi connectivity index (χ3v) is 7.71. The molecule has 0 spiro atoms. The molecule has 0 heterocycles. The molecular weight excluding hydrogens is 500 g/mol. The number of hydrogen-bond acceptors (Lipinski definition) is 5. The Labute approximate surface area is 218 Å². The van der Waals surface area contributed by atoms with E-state index in [2.05, 4.69) is 5.32 Å². The maximum absolute atomic E-state index is 13.7. The van der Waals surface area contributed by atoms with Gasteiger partial charge in [-0.2, -0.15) is 0 Å². The normalized spacial score (nSPS) is 12.0. The van der Waals surface area contributed by atoms with Crippen LogP contribution in [0.1, 0.15) is 37.4 Å². The lowest BCUT2D eigenvalue weighted by molar-refractivity contribution is -0.120. The molecular formula is C27H31ClN2O5S. The summed E-state index contributed by atoms with van der Waals surface area (Å²) in [6, 6.07) is 18.0. The SMILES string of the molecule is CCOc1ccccc1N(CC(=O)N[C@H](CC)c1ccc(OC)c(C)c1)S(=O)(=O)c1ccc(Cl)cc1. The first-order chi connectivity index (χ1) is 17.2. The number of anilines is 1. The van der Waals surface area contributed by atoms with Gasteiger partial charge in [-0.1, -0.05) is 42.8 Å². The summed E-state index contributed by atoms with van der Waals surface area (Å²) >= 11 is 5.97. The van der Waals surface area contributed by atoms with Crippen molar-refractivity contribution < 1.29 is 22.7 Å². The number of sulfonamides is 1. The van der Waals surface area contributed by atoms with E-state index < -0.39 is 22.5 Å². The third-order valence-electron chi connectivity index (χ3n) is 5.69. The summed E-state index contributed by atoms with van der Waals surface area (Å²) in [5.41, 5.74) is 2.13. The van der Waals surface area contributed by atoms with Crippen molar-refractivity contribution in [1.29, 1.82) is 0 Å². The number of nitrogens with zero attached hydrogens (tertiary/aromatic N) is 1. The predicted molar refractivity (Wildman–Crippen MR) is 143 cm³/mol. The van der Waals surface area contributed by atoms with E-state index >= 15 is 0 Å². The molecule has 0 radical (unpaired) electrons. The van der Waals surface area contributed by atoms with Crippen LogP contribution in [0.15, 0.2) is 71.6 Å². The summed E-state index contributed by atoms with van der Waals surface area (Å²) in [4.78, 5) is 13.3. The number of aryl methyl sites for hydroxylation is 1. The van der Waals surface area contributed by atoms with Gasteiger partial charge in [0.2, 0.25) is 5.91 Å². The van der Waals surface area contributed by atoms with Gasteiger partial charge in [-0.25, -0.2) is 8.42 Å². The van der Waals surface area contributed by atoms with Crippen molar-refractivity contribution in [3.63, 3.8) is 0 Å². The molecule has 192 valence electrons. The second-order valence-corrected chi connectivity index (χ2v) is 10.4. The van der Waals surface area contributed by atoms with Gasteiger partial charge in [0.25, 0.3) is 10.0 Å². The van der Waals surface area contributed by atoms with Gasteiger partial charge in [-0.15, -0.1) is 0 Å². The molecule has 3 rings (SSSR count). The van der Waals surface area contributed by atoms with Crippen molar-refractivity contribution in [2.45, 2.75) is 38.1 Å². The van der Waals surface area contributed by atoms with E-state index in [1.165, 1.54) is 24.3 Å². The van der Waals surface area contributed by atoms with Crippen molar-refractivity contribution in [1.82, 2.24) is 5.32 Å². The monoisotopic (exact) mass is 530 g/mol. The zero-order chi connectivity index (χ0) is 26.3. The van der Waals surface area contributed by atoms with Crippen LogP contribution in [-0.2, 0) is 14.8 Å². The van der Waals surface area contributed by atoms with Crippen LogP contribution in [-0.4, -0.2) is 34.6 Å². The Hall–Kier alpha value is -3.23. The molecule has 0 fully saturated rings. The Bertz CT molecular complexity index is 1300. The molecule has 7 nitrogen and oxygen atoms in total. The minimum Gasteiger partial charge on any atom is -0.496 e. The predicted octanol–water partition coefficient (Wildman–Crippen LogP) is 5.52. The molecule has 0 unspecified atom stereocenters. The number of benzene rings is 3. The summed E-state index contributed by atoms with van der Waals surface area (Å²) < 4.78 is 39.5. The minimum atomic E-state index is -4.11. The number of hydrogen-bond donors (Lipinski definition) is 1. The van der Waals surface area contributed by atoms with Crippen molar-refractivity contribution >= 4 is 33.2 Å². The van der Waals surface area contributed by atoms with E-state index in [-0.39, 0.29) is 16.6 Å². The molecule has 0 aliphatic heterocycles. The Morgan fingerprint density at radius 1 is 1.03 bits per heavy atom. The molecule has 1 atom stereocenters. The molecule has 0 bridgehead atoms. The fourth-order valence-electron chi connectivity index (χ4n) is 3.88. The van der Waals surface area contributed by atoms with E-state index in [0.717, 1.165) is 21.2 Å². The number of para-hydroxylation sites is 2. The van der Waals surface area contributed by atoms with E-state index in [1.807, 2.05) is 39.0 Å². The molecule has 0 aromatic heterocycles. The maximum atomic E-state index is 13.7. The second kappa shape index (κ2) is 12.1. The molecule has 36 heavy (non-hydrogen) atoms. The van der Waals surface area contributed by atoms with Crippen LogP contribution in [0.3, 0.4) is 0 Å². The number of amides is 1. The van der Waals surface area contributed by atoms with Gasteiger partial charge in [0.05, 0.1) is 30.3 Å². The Kier molecular flexibility index (Phi) is 9.23. The first kappa shape index (κ1) is 27.4. The molecule has 3 aromatic carbocycles. The number of halogens is 1. The second-order valence-electron chi connectivity index (χ2n) is 8.12. The van der Waals surface area contributed by atoms with Crippen LogP contribution in [0.2, 0.25) is 5.02 Å². The van der Waals surface area contributed by atoms with Gasteiger partial charge in [-0.05, 0) is 73.9 Å². The van der Waals surface area contributed by atoms with Gasteiger partial charge >= 0.3 is 0 Å². The maximum Gasteiger partial charge on any atom is 0.264 e. The summed E-state index contributed by atoms with van der Waals surface area (Å²) in [5.74, 6) is 0.676. The Morgan fingerprint density at radius 3 is 2.33 bits per heavy atom. The number of carbonyl (C=O) groups is 1. The first-order valence-electron chi connectivity index (χ1n) is 11.6. The molecule has 1 N–H and O–H groups in total. The smallest absolute Gasteiger partial charge is 0.264 e. The number of methoxy groups -OCH3 is 1. The highest BCUT2D eigenvalue weighted by atomic mass is 35.5. The number of rotatable bonds is 11. The fourth-order valence-corrected chi connectivity index (χ4v) is 5.44. The van der Waals surface area contributed by atoms with E-state index in [9.17, 15) is 13.2 Å². The van der Waals surface area contributed by atoms with Gasteiger partial charge < -0.3 is 14.8 Å². The van der Waals surface area contributed by atoms with Gasteiger partial charge in [0.1, 0.15) is 18.0 Å². The van der Waals surface area contributed by atoms with Crippen molar-refractivity contribution in [2.75, 3.05) is 24.6 Å². The lowest BCUT2D eigenvalue weighted by Gasteiger charge is -2.27. The Morgan fingerprint density at radius 2 is 1.72 bits per heavy atom. The molecule has 9 heteroatoms. The summed E-state index contributed by atoms with van der Waals surface area (Å²) in [6.45, 7) is 5.61. The lowest BCUT2D eigenvalue weighted by atomic mass is 10.0. The van der Waals surface area contributed by atoms with Crippen LogP contribution in [0.5, 0.6) is 11.5 Å². The molecule has 0 aliphatic rings. The van der Waals surface area contributed by atoms with Crippen LogP contribution in [0.25, 0.3) is 0 Å². The zero-order valence-corrected chi connectivity index (χ0v) is 22.4. The van der Waals surface area contributed by atoms with Gasteiger partial charge in [-0.3, -0.25) is 9.10 Å². The molecule has 0 saturated carbocycles. The highest BCUT2D eigenvalue weighted by molar-refractivity contribution is 7.92. The van der Waals surface area contributed by atoms with E-state index in [0.29, 0.717) is 23.8 Å². The molecule has 0 aliphatic carbocycles. The molecule has 3 aromatic rings. The first-order valence-corrected chi connectivity index (χ1v) is 13.5. The average molecular weight is 531 g/mol. The Balaban J connectivity index is 1.96.